The van der Waals surface area contributed by atoms with Crippen LogP contribution in [0, 0.1) is 0 Å². The van der Waals surface area contributed by atoms with Crippen LogP contribution in [0.3, 0.4) is 0 Å². The van der Waals surface area contributed by atoms with Crippen LogP contribution in [0.15, 0.2) is 24.3 Å². The molecule has 94 valence electrons. The second kappa shape index (κ2) is 6.53. The Balaban J connectivity index is 1.88. The smallest absolute Gasteiger partial charge is 0.0367 e. The van der Waals surface area contributed by atoms with Crippen LogP contribution in [-0.2, 0) is 0 Å². The molecule has 0 amide bonds. The molecule has 2 heteroatoms. The van der Waals surface area contributed by atoms with Crippen LogP contribution in [0.25, 0.3) is 0 Å². The lowest BCUT2D eigenvalue weighted by Crippen LogP contribution is -2.29. The molecule has 1 aromatic carbocycles. The summed E-state index contributed by atoms with van der Waals surface area (Å²) in [7, 11) is 0. The Morgan fingerprint density at radius 2 is 1.76 bits per heavy atom. The van der Waals surface area contributed by atoms with E-state index in [1.54, 1.807) is 0 Å². The predicted octanol–water partition coefficient (Wildman–Crippen LogP) is 3.89. The van der Waals surface area contributed by atoms with Gasteiger partial charge in [0.2, 0.25) is 0 Å². The minimum absolute atomic E-state index is 1.08. The maximum absolute atomic E-state index is 3.46. The molecule has 1 aromatic rings. The van der Waals surface area contributed by atoms with Gasteiger partial charge in [0.25, 0.3) is 0 Å². The number of hydrogen-bond donors (Lipinski definition) is 1. The van der Waals surface area contributed by atoms with Gasteiger partial charge in [0, 0.05) is 31.0 Å². The molecular weight excluding hydrogens is 208 g/mol. The third-order valence-electron chi connectivity index (χ3n) is 3.45. The molecule has 1 saturated heterocycles. The van der Waals surface area contributed by atoms with Crippen molar-refractivity contribution in [2.75, 3.05) is 29.9 Å². The zero-order valence-corrected chi connectivity index (χ0v) is 10.9. The summed E-state index contributed by atoms with van der Waals surface area (Å²) < 4.78 is 0. The van der Waals surface area contributed by atoms with Crippen LogP contribution < -0.4 is 10.2 Å². The molecule has 1 heterocycles. The number of piperidine rings is 1. The first kappa shape index (κ1) is 12.3. The number of hydrogen-bond acceptors (Lipinski definition) is 2. The lowest BCUT2D eigenvalue weighted by atomic mass is 10.1. The molecule has 0 aromatic heterocycles. The average Bonchev–Trinajstić information content (AvgIpc) is 2.41. The summed E-state index contributed by atoms with van der Waals surface area (Å²) in [5.74, 6) is 0. The van der Waals surface area contributed by atoms with Gasteiger partial charge >= 0.3 is 0 Å². The van der Waals surface area contributed by atoms with E-state index < -0.39 is 0 Å². The van der Waals surface area contributed by atoms with Crippen molar-refractivity contribution in [3.05, 3.63) is 24.3 Å². The Kier molecular flexibility index (Phi) is 4.72. The van der Waals surface area contributed by atoms with E-state index in [4.69, 9.17) is 0 Å². The fourth-order valence-corrected chi connectivity index (χ4v) is 2.35. The summed E-state index contributed by atoms with van der Waals surface area (Å²) in [4.78, 5) is 2.50. The molecule has 1 aliphatic heterocycles. The van der Waals surface area contributed by atoms with Gasteiger partial charge in [-0.2, -0.15) is 0 Å². The molecule has 0 saturated carbocycles. The van der Waals surface area contributed by atoms with Crippen molar-refractivity contribution in [2.24, 2.45) is 0 Å². The summed E-state index contributed by atoms with van der Waals surface area (Å²) in [5.41, 5.74) is 2.63. The number of nitrogens with one attached hydrogen (secondary N) is 1. The van der Waals surface area contributed by atoms with E-state index >= 15 is 0 Å². The largest absolute Gasteiger partial charge is 0.385 e. The van der Waals surface area contributed by atoms with E-state index in [9.17, 15) is 0 Å². The summed E-state index contributed by atoms with van der Waals surface area (Å²) >= 11 is 0. The minimum Gasteiger partial charge on any atom is -0.385 e. The van der Waals surface area contributed by atoms with Crippen LogP contribution in [0.4, 0.5) is 11.4 Å². The minimum atomic E-state index is 1.08. The van der Waals surface area contributed by atoms with Crippen molar-refractivity contribution in [1.29, 1.82) is 0 Å². The molecule has 0 spiro atoms. The van der Waals surface area contributed by atoms with Crippen LogP contribution in [0.2, 0.25) is 0 Å². The molecule has 2 nitrogen and oxygen atoms in total. The molecule has 1 aliphatic rings. The van der Waals surface area contributed by atoms with Gasteiger partial charge in [0.05, 0.1) is 0 Å². The number of benzene rings is 1. The van der Waals surface area contributed by atoms with Crippen LogP contribution >= 0.6 is 0 Å². The van der Waals surface area contributed by atoms with Gasteiger partial charge in [-0.3, -0.25) is 0 Å². The van der Waals surface area contributed by atoms with Crippen molar-refractivity contribution in [2.45, 2.75) is 39.0 Å². The topological polar surface area (TPSA) is 15.3 Å². The molecule has 0 aliphatic carbocycles. The highest BCUT2D eigenvalue weighted by Crippen LogP contribution is 2.21. The van der Waals surface area contributed by atoms with E-state index in [0.717, 1.165) is 6.54 Å². The average molecular weight is 232 g/mol. The van der Waals surface area contributed by atoms with Gasteiger partial charge in [-0.05, 0) is 49.9 Å². The molecular formula is C15H24N2. The lowest BCUT2D eigenvalue weighted by Gasteiger charge is -2.28. The van der Waals surface area contributed by atoms with Gasteiger partial charge in [0.15, 0.2) is 0 Å². The van der Waals surface area contributed by atoms with Crippen LogP contribution in [0.5, 0.6) is 0 Å². The number of unbranched alkanes of at least 4 members (excludes halogenated alkanes) is 1. The van der Waals surface area contributed by atoms with Crippen LogP contribution in [-0.4, -0.2) is 19.6 Å². The third kappa shape index (κ3) is 3.65. The molecule has 0 radical (unpaired) electrons. The summed E-state index contributed by atoms with van der Waals surface area (Å²) in [5, 5.41) is 3.46. The SMILES string of the molecule is CCCCNc1ccc(N2CCCCC2)cc1. The zero-order chi connectivity index (χ0) is 11.9. The fraction of sp³-hybridized carbons (Fsp3) is 0.600. The Hall–Kier alpha value is -1.18. The molecule has 0 unspecified atom stereocenters. The van der Waals surface area contributed by atoms with Gasteiger partial charge in [-0.25, -0.2) is 0 Å². The van der Waals surface area contributed by atoms with E-state index in [1.165, 1.54) is 56.6 Å². The fourth-order valence-electron chi connectivity index (χ4n) is 2.35. The molecule has 17 heavy (non-hydrogen) atoms. The molecule has 2 rings (SSSR count). The van der Waals surface area contributed by atoms with E-state index in [2.05, 4.69) is 41.4 Å². The Bertz CT molecular complexity index is 312. The second-order valence-electron chi connectivity index (χ2n) is 4.87. The Morgan fingerprint density at radius 1 is 1.06 bits per heavy atom. The Morgan fingerprint density at radius 3 is 2.41 bits per heavy atom. The normalized spacial score (nSPS) is 15.9. The maximum atomic E-state index is 3.46. The standard InChI is InChI=1S/C15H24N2/c1-2-3-11-16-14-7-9-15(10-8-14)17-12-5-4-6-13-17/h7-10,16H,2-6,11-13H2,1H3. The van der Waals surface area contributed by atoms with Gasteiger partial charge in [-0.1, -0.05) is 13.3 Å². The highest BCUT2D eigenvalue weighted by molar-refractivity contribution is 5.55. The van der Waals surface area contributed by atoms with Gasteiger partial charge in [-0.15, -0.1) is 0 Å². The van der Waals surface area contributed by atoms with E-state index in [1.807, 2.05) is 0 Å². The highest BCUT2D eigenvalue weighted by atomic mass is 15.1. The third-order valence-corrected chi connectivity index (χ3v) is 3.45. The number of anilines is 2. The van der Waals surface area contributed by atoms with E-state index in [0.29, 0.717) is 0 Å². The first-order valence-corrected chi connectivity index (χ1v) is 6.99. The molecule has 0 atom stereocenters. The lowest BCUT2D eigenvalue weighted by molar-refractivity contribution is 0.578. The molecule has 0 bridgehead atoms. The molecule has 1 N–H and O–H groups in total. The monoisotopic (exact) mass is 232 g/mol. The summed E-state index contributed by atoms with van der Waals surface area (Å²) in [6, 6.07) is 8.92. The van der Waals surface area contributed by atoms with Crippen molar-refractivity contribution >= 4 is 11.4 Å². The molecule has 1 fully saturated rings. The second-order valence-corrected chi connectivity index (χ2v) is 4.87. The number of rotatable bonds is 5. The van der Waals surface area contributed by atoms with Crippen molar-refractivity contribution < 1.29 is 0 Å². The predicted molar refractivity (Wildman–Crippen MR) is 75.9 cm³/mol. The van der Waals surface area contributed by atoms with Crippen molar-refractivity contribution in [3.8, 4) is 0 Å². The van der Waals surface area contributed by atoms with E-state index in [-0.39, 0.29) is 0 Å². The van der Waals surface area contributed by atoms with Crippen LogP contribution in [0.1, 0.15) is 39.0 Å². The summed E-state index contributed by atoms with van der Waals surface area (Å²) in [6.45, 7) is 5.76. The zero-order valence-electron chi connectivity index (χ0n) is 10.9. The van der Waals surface area contributed by atoms with Gasteiger partial charge in [0.1, 0.15) is 0 Å². The van der Waals surface area contributed by atoms with Crippen molar-refractivity contribution in [3.63, 3.8) is 0 Å². The van der Waals surface area contributed by atoms with Gasteiger partial charge < -0.3 is 10.2 Å². The first-order chi connectivity index (χ1) is 8.40. The number of nitrogens with zero attached hydrogens (tertiary/aromatic N) is 1. The summed E-state index contributed by atoms with van der Waals surface area (Å²) in [6.07, 6.45) is 6.58. The Labute approximate surface area is 105 Å². The maximum Gasteiger partial charge on any atom is 0.0367 e. The van der Waals surface area contributed by atoms with Crippen molar-refractivity contribution in [1.82, 2.24) is 0 Å². The highest BCUT2D eigenvalue weighted by Gasteiger charge is 2.10. The quantitative estimate of drug-likeness (QED) is 0.775. The first-order valence-electron chi connectivity index (χ1n) is 6.99.